The van der Waals surface area contributed by atoms with Gasteiger partial charge >= 0.3 is 0 Å². The molecule has 16 heteroatoms. The Morgan fingerprint density at radius 2 is 0.500 bits per heavy atom. The van der Waals surface area contributed by atoms with E-state index >= 15 is 0 Å². The molecule has 0 N–H and O–H groups in total. The number of hydrogen-bond acceptors (Lipinski definition) is 0. The molecule has 16 unspecified atom stereocenters. The summed E-state index contributed by atoms with van der Waals surface area (Å²) in [6.45, 7) is 0. The normalized spacial score (nSPS) is 21.4. The Morgan fingerprint density at radius 1 is 0.312 bits per heavy atom. The first-order chi connectivity index (χ1) is 7.91. The Bertz CT molecular complexity index is 92.6. The van der Waals surface area contributed by atoms with Crippen molar-refractivity contribution in [3.05, 3.63) is 0 Å². The second kappa shape index (κ2) is 21.9. The van der Waals surface area contributed by atoms with Crippen LogP contribution < -0.4 is 0 Å². The van der Waals surface area contributed by atoms with Gasteiger partial charge in [0.1, 0.15) is 0 Å². The summed E-state index contributed by atoms with van der Waals surface area (Å²) < 4.78 is 0. The van der Waals surface area contributed by atoms with Gasteiger partial charge in [0.2, 0.25) is 0 Å². The standard InChI is InChI=1S/H18P16/c1-3-5-7-9-11-13-15-16-14-12-10-8-6-4-2/h3-16H,1-2H2. The second-order valence-electron chi connectivity index (χ2n) is 1.79. The molecule has 0 saturated heterocycles. The summed E-state index contributed by atoms with van der Waals surface area (Å²) >= 11 is 0. The van der Waals surface area contributed by atoms with Crippen molar-refractivity contribution in [1.29, 1.82) is 0 Å². The first-order valence-corrected chi connectivity index (χ1v) is 34.4. The van der Waals surface area contributed by atoms with Crippen LogP contribution in [0.25, 0.3) is 0 Å². The van der Waals surface area contributed by atoms with Crippen LogP contribution in [0, 0.1) is 0 Å². The molecule has 0 bridgehead atoms. The van der Waals surface area contributed by atoms with Crippen molar-refractivity contribution in [3.63, 3.8) is 0 Å². The van der Waals surface area contributed by atoms with Crippen LogP contribution in [-0.2, 0) is 0 Å². The van der Waals surface area contributed by atoms with E-state index in [1.165, 1.54) is 95.5 Å². The topological polar surface area (TPSA) is 0 Å². The summed E-state index contributed by atoms with van der Waals surface area (Å²) in [5, 5.41) is 0. The molecule has 16 atom stereocenters. The molecule has 16 heavy (non-hydrogen) atoms. The molecular formula is H18P16. The predicted molar refractivity (Wildman–Crippen MR) is 136 cm³/mol. The maximum Gasteiger partial charge on any atom is -0.0677 e. The molecule has 0 aromatic heterocycles. The van der Waals surface area contributed by atoms with E-state index in [2.05, 4.69) is 17.9 Å². The van der Waals surface area contributed by atoms with Gasteiger partial charge in [-0.3, -0.25) is 0 Å². The highest BCUT2D eigenvalue weighted by Crippen LogP contribution is 2.84. The van der Waals surface area contributed by atoms with Crippen molar-refractivity contribution < 1.29 is 0 Å². The zero-order chi connectivity index (χ0) is 11.9. The molecule has 0 heterocycles. The predicted octanol–water partition coefficient (Wildman–Crippen LogP) is 8.96. The molecule has 0 aliphatic rings. The SMILES string of the molecule is PPPPPPPPPPPPPPPP. The van der Waals surface area contributed by atoms with Gasteiger partial charge in [-0.1, -0.05) is 111 Å². The van der Waals surface area contributed by atoms with Crippen molar-refractivity contribution in [2.45, 2.75) is 0 Å². The lowest BCUT2D eigenvalue weighted by Gasteiger charge is -2.03. The minimum absolute atomic E-state index is 1.15. The van der Waals surface area contributed by atoms with Gasteiger partial charge in [-0.2, -0.15) is 0 Å². The maximum absolute atomic E-state index is 2.88. The second-order valence-corrected chi connectivity index (χ2v) is 48.3. The maximum atomic E-state index is 2.88. The van der Waals surface area contributed by atoms with Crippen molar-refractivity contribution >= 4 is 129 Å². The van der Waals surface area contributed by atoms with Crippen LogP contribution in [0.3, 0.4) is 0 Å². The van der Waals surface area contributed by atoms with Gasteiger partial charge in [0.15, 0.2) is 0 Å². The molecule has 0 aromatic carbocycles. The third-order valence-corrected chi connectivity index (χ3v) is 67.4. The summed E-state index contributed by atoms with van der Waals surface area (Å²) in [6, 6.07) is 0. The van der Waals surface area contributed by atoms with Gasteiger partial charge in [-0.15, -0.1) is 17.9 Å². The molecule has 0 aliphatic carbocycles. The van der Waals surface area contributed by atoms with E-state index < -0.39 is 0 Å². The zero-order valence-electron chi connectivity index (χ0n) is 8.15. The quantitative estimate of drug-likeness (QED) is 0.170. The summed E-state index contributed by atoms with van der Waals surface area (Å²) in [7, 11) is 24.1. The van der Waals surface area contributed by atoms with E-state index in [0.29, 0.717) is 0 Å². The molecule has 0 rings (SSSR count). The summed E-state index contributed by atoms with van der Waals surface area (Å²) in [4.78, 5) is 0. The van der Waals surface area contributed by atoms with E-state index in [-0.39, 0.29) is 0 Å². The smallest absolute Gasteiger partial charge is 0.0677 e. The van der Waals surface area contributed by atoms with Crippen molar-refractivity contribution in [1.82, 2.24) is 0 Å². The van der Waals surface area contributed by atoms with E-state index in [1.54, 1.807) is 0 Å². The minimum atomic E-state index is 1.15. The molecule has 98 valence electrons. The number of hydrogen-bond donors (Lipinski definition) is 0. The van der Waals surface area contributed by atoms with Crippen LogP contribution >= 0.6 is 129 Å². The largest absolute Gasteiger partial charge is 0.110 e. The first kappa shape index (κ1) is 22.9. The van der Waals surface area contributed by atoms with Crippen LogP contribution in [-0.4, -0.2) is 0 Å². The van der Waals surface area contributed by atoms with Gasteiger partial charge in [0, 0.05) is 0 Å². The van der Waals surface area contributed by atoms with E-state index in [4.69, 9.17) is 0 Å². The Kier molecular flexibility index (Phi) is 31.3. The van der Waals surface area contributed by atoms with Gasteiger partial charge < -0.3 is 0 Å². The molecule has 0 radical (unpaired) electrons. The highest BCUT2D eigenvalue weighted by Gasteiger charge is 1.91. The Hall–Kier alpha value is 6.88. The lowest BCUT2D eigenvalue weighted by Crippen LogP contribution is -1.10. The van der Waals surface area contributed by atoms with E-state index in [9.17, 15) is 0 Å². The summed E-state index contributed by atoms with van der Waals surface area (Å²) in [5.74, 6) is 0. The average Bonchev–Trinajstić information content (AvgIpc) is 2.31. The van der Waals surface area contributed by atoms with Crippen LogP contribution in [0.15, 0.2) is 0 Å². The molecule has 0 saturated carbocycles. The van der Waals surface area contributed by atoms with Crippen LogP contribution in [0.4, 0.5) is 0 Å². The van der Waals surface area contributed by atoms with Crippen LogP contribution in [0.5, 0.6) is 0 Å². The fourth-order valence-corrected chi connectivity index (χ4v) is 93.5. The minimum Gasteiger partial charge on any atom is -0.110 e. The van der Waals surface area contributed by atoms with Crippen molar-refractivity contribution in [2.24, 2.45) is 0 Å². The Balaban J connectivity index is 2.83. The fourth-order valence-electron chi connectivity index (χ4n) is 0.385. The summed E-state index contributed by atoms with van der Waals surface area (Å²) in [6.07, 6.45) is 0. The third-order valence-electron chi connectivity index (χ3n) is 0.832. The molecule has 0 spiro atoms. The average molecular weight is 514 g/mol. The van der Waals surface area contributed by atoms with E-state index in [0.717, 1.165) is 15.9 Å². The molecule has 0 amide bonds. The highest BCUT2D eigenvalue weighted by molar-refractivity contribution is 8.90. The highest BCUT2D eigenvalue weighted by atomic mass is 33.0. The molecule has 0 nitrogen and oxygen atoms in total. The molecule has 0 fully saturated rings. The molecule has 0 aliphatic heterocycles. The zero-order valence-corrected chi connectivity index (χ0v) is 24.5. The third kappa shape index (κ3) is 20.9. The Labute approximate surface area is 128 Å². The van der Waals surface area contributed by atoms with Gasteiger partial charge in [0.25, 0.3) is 0 Å². The lowest BCUT2D eigenvalue weighted by atomic mass is 29.0. The summed E-state index contributed by atoms with van der Waals surface area (Å²) in [5.41, 5.74) is 0. The van der Waals surface area contributed by atoms with Gasteiger partial charge in [-0.05, 0) is 0 Å². The van der Waals surface area contributed by atoms with Crippen molar-refractivity contribution in [2.75, 3.05) is 0 Å². The monoisotopic (exact) mass is 514 g/mol. The Morgan fingerprint density at radius 3 is 0.688 bits per heavy atom. The van der Waals surface area contributed by atoms with Gasteiger partial charge in [-0.25, -0.2) is 0 Å². The van der Waals surface area contributed by atoms with Crippen LogP contribution in [0.2, 0.25) is 0 Å². The van der Waals surface area contributed by atoms with Crippen LogP contribution in [0.1, 0.15) is 0 Å². The fraction of sp³-hybridized carbons (Fsp3) is 0. The van der Waals surface area contributed by atoms with Gasteiger partial charge in [0.05, 0.1) is 0 Å². The van der Waals surface area contributed by atoms with Crippen molar-refractivity contribution in [3.8, 4) is 0 Å². The van der Waals surface area contributed by atoms with E-state index in [1.807, 2.05) is 0 Å². The number of rotatable bonds is 13. The lowest BCUT2D eigenvalue weighted by molar-refractivity contribution is 4.96. The molecule has 0 aromatic rings. The molecular weight excluding hydrogens is 496 g/mol. The first-order valence-electron chi connectivity index (χ1n) is 3.83.